The third-order valence-electron chi connectivity index (χ3n) is 1.50. The van der Waals surface area contributed by atoms with Gasteiger partial charge in [-0.1, -0.05) is 0 Å². The van der Waals surface area contributed by atoms with E-state index in [1.165, 1.54) is 0 Å². The Morgan fingerprint density at radius 2 is 2.33 bits per heavy atom. The minimum atomic E-state index is 0.565. The van der Waals surface area contributed by atoms with Gasteiger partial charge in [0.15, 0.2) is 0 Å². The molecule has 12 heavy (non-hydrogen) atoms. The van der Waals surface area contributed by atoms with Crippen LogP contribution in [0.3, 0.4) is 0 Å². The normalized spacial score (nSPS) is 9.08. The van der Waals surface area contributed by atoms with E-state index in [2.05, 4.69) is 5.43 Å². The van der Waals surface area contributed by atoms with Crippen LogP contribution in [-0.4, -0.2) is 6.26 Å². The molecule has 62 valence electrons. The van der Waals surface area contributed by atoms with Crippen molar-refractivity contribution in [1.29, 1.82) is 5.26 Å². The molecule has 0 bridgehead atoms. The number of nitrogen functional groups attached to an aromatic ring is 1. The van der Waals surface area contributed by atoms with Crippen LogP contribution in [0.4, 0.5) is 5.69 Å². The number of thioether (sulfide) groups is 1. The maximum Gasteiger partial charge on any atom is 0.101 e. The van der Waals surface area contributed by atoms with Gasteiger partial charge >= 0.3 is 0 Å². The second-order valence-corrected chi connectivity index (χ2v) is 3.05. The van der Waals surface area contributed by atoms with Crippen molar-refractivity contribution in [3.8, 4) is 6.07 Å². The fourth-order valence-electron chi connectivity index (χ4n) is 0.867. The molecule has 0 saturated heterocycles. The molecule has 0 amide bonds. The molecule has 0 spiro atoms. The molecule has 0 atom stereocenters. The second kappa shape index (κ2) is 4.00. The highest BCUT2D eigenvalue weighted by atomic mass is 32.2. The van der Waals surface area contributed by atoms with Gasteiger partial charge in [0.2, 0.25) is 0 Å². The van der Waals surface area contributed by atoms with Gasteiger partial charge in [0.1, 0.15) is 6.07 Å². The Morgan fingerprint density at radius 1 is 1.58 bits per heavy atom. The van der Waals surface area contributed by atoms with Gasteiger partial charge in [-0.25, -0.2) is 0 Å². The standard InChI is InChI=1S/C8H9N3S/c1-12-7-3-2-6(5-9)8(4-7)11-10/h2-4,11H,10H2,1H3. The van der Waals surface area contributed by atoms with E-state index in [-0.39, 0.29) is 0 Å². The molecular weight excluding hydrogens is 170 g/mol. The van der Waals surface area contributed by atoms with Gasteiger partial charge in [0, 0.05) is 4.90 Å². The number of rotatable bonds is 2. The Kier molecular flexibility index (Phi) is 2.97. The minimum Gasteiger partial charge on any atom is -0.323 e. The van der Waals surface area contributed by atoms with Gasteiger partial charge in [0.05, 0.1) is 11.3 Å². The smallest absolute Gasteiger partial charge is 0.101 e. The average Bonchev–Trinajstić information content (AvgIpc) is 2.16. The summed E-state index contributed by atoms with van der Waals surface area (Å²) >= 11 is 1.61. The van der Waals surface area contributed by atoms with Gasteiger partial charge < -0.3 is 5.43 Å². The van der Waals surface area contributed by atoms with E-state index in [1.807, 2.05) is 24.5 Å². The Morgan fingerprint density at radius 3 is 2.83 bits per heavy atom. The predicted octanol–water partition coefficient (Wildman–Crippen LogP) is 1.57. The number of nitrogens with zero attached hydrogens (tertiary/aromatic N) is 1. The van der Waals surface area contributed by atoms with Gasteiger partial charge in [-0.2, -0.15) is 5.26 Å². The van der Waals surface area contributed by atoms with Gasteiger partial charge in [-0.15, -0.1) is 11.8 Å². The first-order chi connectivity index (χ1) is 5.81. The van der Waals surface area contributed by atoms with Crippen molar-refractivity contribution in [3.63, 3.8) is 0 Å². The number of benzene rings is 1. The first-order valence-corrected chi connectivity index (χ1v) is 4.59. The Labute approximate surface area is 75.5 Å². The minimum absolute atomic E-state index is 0.565. The van der Waals surface area contributed by atoms with E-state index in [1.54, 1.807) is 17.8 Å². The number of hydrazine groups is 1. The highest BCUT2D eigenvalue weighted by molar-refractivity contribution is 7.98. The molecule has 0 heterocycles. The molecule has 1 rings (SSSR count). The molecule has 4 heteroatoms. The summed E-state index contributed by atoms with van der Waals surface area (Å²) in [7, 11) is 0. The van der Waals surface area contributed by atoms with Gasteiger partial charge in [-0.3, -0.25) is 5.84 Å². The molecule has 3 nitrogen and oxygen atoms in total. The van der Waals surface area contributed by atoms with Crippen LogP contribution in [0.5, 0.6) is 0 Å². The number of nitriles is 1. The molecule has 3 N–H and O–H groups in total. The summed E-state index contributed by atoms with van der Waals surface area (Å²) in [5, 5.41) is 8.66. The third-order valence-corrected chi connectivity index (χ3v) is 2.23. The Bertz CT molecular complexity index is 317. The number of nitrogens with one attached hydrogen (secondary N) is 1. The quantitative estimate of drug-likeness (QED) is 0.411. The first kappa shape index (κ1) is 8.91. The van der Waals surface area contributed by atoms with Crippen molar-refractivity contribution in [3.05, 3.63) is 23.8 Å². The Hall–Kier alpha value is -1.18. The van der Waals surface area contributed by atoms with E-state index in [0.717, 1.165) is 4.90 Å². The molecule has 0 unspecified atom stereocenters. The first-order valence-electron chi connectivity index (χ1n) is 3.36. The molecule has 1 aromatic rings. The topological polar surface area (TPSA) is 61.8 Å². The molecule has 0 aliphatic rings. The summed E-state index contributed by atoms with van der Waals surface area (Å²) < 4.78 is 0. The lowest BCUT2D eigenvalue weighted by molar-refractivity contribution is 1.30. The summed E-state index contributed by atoms with van der Waals surface area (Å²) in [4.78, 5) is 1.09. The molecule has 0 aromatic heterocycles. The van der Waals surface area contributed by atoms with Crippen LogP contribution in [0.2, 0.25) is 0 Å². The van der Waals surface area contributed by atoms with Crippen molar-refractivity contribution in [2.75, 3.05) is 11.7 Å². The van der Waals surface area contributed by atoms with E-state index in [0.29, 0.717) is 11.3 Å². The molecule has 0 aliphatic carbocycles. The number of hydrogen-bond donors (Lipinski definition) is 2. The van der Waals surface area contributed by atoms with Crippen LogP contribution in [0.25, 0.3) is 0 Å². The lowest BCUT2D eigenvalue weighted by Crippen LogP contribution is -2.08. The predicted molar refractivity (Wildman–Crippen MR) is 50.7 cm³/mol. The zero-order chi connectivity index (χ0) is 8.97. The van der Waals surface area contributed by atoms with Crippen LogP contribution >= 0.6 is 11.8 Å². The van der Waals surface area contributed by atoms with Crippen molar-refractivity contribution >= 4 is 17.4 Å². The second-order valence-electron chi connectivity index (χ2n) is 2.17. The van der Waals surface area contributed by atoms with Gasteiger partial charge in [0.25, 0.3) is 0 Å². The number of anilines is 1. The van der Waals surface area contributed by atoms with E-state index >= 15 is 0 Å². The zero-order valence-electron chi connectivity index (χ0n) is 6.66. The van der Waals surface area contributed by atoms with Crippen LogP contribution in [-0.2, 0) is 0 Å². The fourth-order valence-corrected chi connectivity index (χ4v) is 1.31. The largest absolute Gasteiger partial charge is 0.323 e. The summed E-state index contributed by atoms with van der Waals surface area (Å²) in [5.74, 6) is 5.24. The van der Waals surface area contributed by atoms with E-state index in [9.17, 15) is 0 Å². The summed E-state index contributed by atoms with van der Waals surface area (Å²) in [5.41, 5.74) is 3.72. The molecule has 0 fully saturated rings. The molecule has 1 aromatic carbocycles. The highest BCUT2D eigenvalue weighted by Crippen LogP contribution is 2.21. The monoisotopic (exact) mass is 179 g/mol. The SMILES string of the molecule is CSc1ccc(C#N)c(NN)c1. The van der Waals surface area contributed by atoms with Crippen LogP contribution < -0.4 is 11.3 Å². The molecule has 0 saturated carbocycles. The van der Waals surface area contributed by atoms with E-state index in [4.69, 9.17) is 11.1 Å². The van der Waals surface area contributed by atoms with Crippen molar-refractivity contribution < 1.29 is 0 Å². The third kappa shape index (κ3) is 1.70. The zero-order valence-corrected chi connectivity index (χ0v) is 7.48. The van der Waals surface area contributed by atoms with Crippen LogP contribution in [0.1, 0.15) is 5.56 Å². The molecular formula is C8H9N3S. The highest BCUT2D eigenvalue weighted by Gasteiger charge is 2.00. The molecule has 0 aliphatic heterocycles. The number of nitrogens with two attached hydrogens (primary N) is 1. The summed E-state index contributed by atoms with van der Waals surface area (Å²) in [6.45, 7) is 0. The van der Waals surface area contributed by atoms with Crippen LogP contribution in [0.15, 0.2) is 23.1 Å². The fraction of sp³-hybridized carbons (Fsp3) is 0.125. The van der Waals surface area contributed by atoms with Crippen LogP contribution in [0, 0.1) is 11.3 Å². The Balaban J connectivity index is 3.13. The average molecular weight is 179 g/mol. The van der Waals surface area contributed by atoms with Crippen molar-refractivity contribution in [1.82, 2.24) is 0 Å². The lowest BCUT2D eigenvalue weighted by atomic mass is 10.2. The maximum atomic E-state index is 8.66. The maximum absolute atomic E-state index is 8.66. The van der Waals surface area contributed by atoms with Gasteiger partial charge in [-0.05, 0) is 24.5 Å². The lowest BCUT2D eigenvalue weighted by Gasteiger charge is -2.03. The van der Waals surface area contributed by atoms with E-state index < -0.39 is 0 Å². The summed E-state index contributed by atoms with van der Waals surface area (Å²) in [6.07, 6.45) is 1.97. The number of hydrogen-bond acceptors (Lipinski definition) is 4. The summed E-state index contributed by atoms with van der Waals surface area (Å²) in [6, 6.07) is 7.54. The van der Waals surface area contributed by atoms with Crippen molar-refractivity contribution in [2.45, 2.75) is 4.90 Å². The van der Waals surface area contributed by atoms with Crippen molar-refractivity contribution in [2.24, 2.45) is 5.84 Å². The molecule has 0 radical (unpaired) electrons.